The second-order valence-corrected chi connectivity index (χ2v) is 11.0. The minimum absolute atomic E-state index is 0.269. The van der Waals surface area contributed by atoms with E-state index in [9.17, 15) is 8.42 Å². The van der Waals surface area contributed by atoms with Crippen LogP contribution in [0.15, 0.2) is 62.5 Å². The summed E-state index contributed by atoms with van der Waals surface area (Å²) in [4.78, 5) is 5.05. The summed E-state index contributed by atoms with van der Waals surface area (Å²) in [6.45, 7) is 5.17. The third-order valence-electron chi connectivity index (χ3n) is 5.48. The Morgan fingerprint density at radius 1 is 1.00 bits per heavy atom. The van der Waals surface area contributed by atoms with Gasteiger partial charge in [0.15, 0.2) is 0 Å². The maximum Gasteiger partial charge on any atom is 0.269 e. The summed E-state index contributed by atoms with van der Waals surface area (Å²) >= 11 is 6.92. The first-order valence-electron chi connectivity index (χ1n) is 9.57. The highest BCUT2D eigenvalue weighted by molar-refractivity contribution is 9.10. The summed E-state index contributed by atoms with van der Waals surface area (Å²) in [7, 11) is -1.56. The molecule has 0 atom stereocenters. The minimum atomic E-state index is -3.70. The second kappa shape index (κ2) is 8.51. The van der Waals surface area contributed by atoms with Crippen LogP contribution in [0.25, 0.3) is 10.9 Å². The van der Waals surface area contributed by atoms with Gasteiger partial charge >= 0.3 is 0 Å². The highest BCUT2D eigenvalue weighted by Crippen LogP contribution is 2.31. The molecule has 3 aromatic rings. The SMILES string of the molecule is CN1CCN(CCc2cn(S(=O)(=O)c3ccccc3Br)c3ccc(Br)cc23)CC1. The van der Waals surface area contributed by atoms with Crippen LogP contribution >= 0.6 is 31.9 Å². The fourth-order valence-electron chi connectivity index (χ4n) is 3.75. The molecule has 0 radical (unpaired) electrons. The molecule has 0 N–H and O–H groups in total. The van der Waals surface area contributed by atoms with Gasteiger partial charge in [-0.25, -0.2) is 12.4 Å². The smallest absolute Gasteiger partial charge is 0.269 e. The molecule has 0 aliphatic carbocycles. The van der Waals surface area contributed by atoms with Crippen molar-refractivity contribution >= 4 is 52.8 Å². The second-order valence-electron chi connectivity index (χ2n) is 7.44. The van der Waals surface area contributed by atoms with Gasteiger partial charge in [-0.15, -0.1) is 0 Å². The Morgan fingerprint density at radius 2 is 1.72 bits per heavy atom. The van der Waals surface area contributed by atoms with Gasteiger partial charge in [0.1, 0.15) is 4.90 Å². The zero-order valence-electron chi connectivity index (χ0n) is 16.2. The number of aromatic nitrogens is 1. The van der Waals surface area contributed by atoms with Gasteiger partial charge in [-0.3, -0.25) is 0 Å². The van der Waals surface area contributed by atoms with Crippen molar-refractivity contribution in [2.24, 2.45) is 0 Å². The number of fused-ring (bicyclic) bond motifs is 1. The number of likely N-dealkylation sites (N-methyl/N-ethyl adjacent to an activating group) is 1. The van der Waals surface area contributed by atoms with E-state index >= 15 is 0 Å². The van der Waals surface area contributed by atoms with Gasteiger partial charge in [0.25, 0.3) is 10.0 Å². The van der Waals surface area contributed by atoms with E-state index in [2.05, 4.69) is 48.7 Å². The van der Waals surface area contributed by atoms with Crippen LogP contribution in [0, 0.1) is 0 Å². The molecule has 0 amide bonds. The zero-order valence-corrected chi connectivity index (χ0v) is 20.2. The van der Waals surface area contributed by atoms with Crippen molar-refractivity contribution in [3.63, 3.8) is 0 Å². The van der Waals surface area contributed by atoms with Crippen LogP contribution < -0.4 is 0 Å². The molecule has 2 aromatic carbocycles. The fourth-order valence-corrected chi connectivity index (χ4v) is 6.47. The normalized spacial score (nSPS) is 16.5. The number of halogens is 2. The predicted octanol–water partition coefficient (Wildman–Crippen LogP) is 4.19. The standard InChI is InChI=1S/C21H23Br2N3O2S/c1-24-10-12-25(13-11-24)9-8-16-15-26(20-7-6-17(22)14-18(16)20)29(27,28)21-5-3-2-4-19(21)23/h2-7,14-15H,8-13H2,1H3. The molecule has 0 unspecified atom stereocenters. The molecular weight excluding hydrogens is 518 g/mol. The topological polar surface area (TPSA) is 45.5 Å². The molecule has 2 heterocycles. The first-order valence-corrected chi connectivity index (χ1v) is 12.6. The van der Waals surface area contributed by atoms with Crippen molar-refractivity contribution in [2.75, 3.05) is 39.8 Å². The van der Waals surface area contributed by atoms with Gasteiger partial charge in [-0.05, 0) is 65.3 Å². The van der Waals surface area contributed by atoms with Gasteiger partial charge in [-0.2, -0.15) is 0 Å². The Labute approximate surface area is 188 Å². The quantitative estimate of drug-likeness (QED) is 0.486. The molecule has 0 saturated carbocycles. The predicted molar refractivity (Wildman–Crippen MR) is 124 cm³/mol. The zero-order chi connectivity index (χ0) is 20.6. The Bertz CT molecular complexity index is 1140. The summed E-state index contributed by atoms with van der Waals surface area (Å²) in [6.07, 6.45) is 2.61. The summed E-state index contributed by atoms with van der Waals surface area (Å²) in [5.74, 6) is 0. The molecule has 1 aliphatic rings. The van der Waals surface area contributed by atoms with E-state index in [-0.39, 0.29) is 4.90 Å². The monoisotopic (exact) mass is 539 g/mol. The first-order chi connectivity index (χ1) is 13.9. The van der Waals surface area contributed by atoms with E-state index in [0.717, 1.165) is 54.6 Å². The fraction of sp³-hybridized carbons (Fsp3) is 0.333. The number of rotatable bonds is 5. The summed E-state index contributed by atoms with van der Waals surface area (Å²) in [5, 5.41) is 0.976. The van der Waals surface area contributed by atoms with E-state index in [4.69, 9.17) is 0 Å². The molecular formula is C21H23Br2N3O2S. The number of hydrogen-bond acceptors (Lipinski definition) is 4. The summed E-state index contributed by atoms with van der Waals surface area (Å²) in [6, 6.07) is 12.7. The molecule has 1 aromatic heterocycles. The van der Waals surface area contributed by atoms with Crippen molar-refractivity contribution in [1.82, 2.24) is 13.8 Å². The van der Waals surface area contributed by atoms with Crippen LogP contribution in [0.4, 0.5) is 0 Å². The number of piperazine rings is 1. The summed E-state index contributed by atoms with van der Waals surface area (Å²) < 4.78 is 29.8. The lowest BCUT2D eigenvalue weighted by molar-refractivity contribution is 0.155. The van der Waals surface area contributed by atoms with Crippen LogP contribution in [-0.4, -0.2) is 62.0 Å². The number of nitrogens with zero attached hydrogens (tertiary/aromatic N) is 3. The van der Waals surface area contributed by atoms with Crippen LogP contribution in [0.1, 0.15) is 5.56 Å². The molecule has 29 heavy (non-hydrogen) atoms. The molecule has 1 fully saturated rings. The summed E-state index contributed by atoms with van der Waals surface area (Å²) in [5.41, 5.74) is 1.76. The van der Waals surface area contributed by atoms with Gasteiger partial charge in [0.2, 0.25) is 0 Å². The van der Waals surface area contributed by atoms with E-state index in [1.165, 1.54) is 3.97 Å². The molecule has 1 saturated heterocycles. The average Bonchev–Trinajstić information content (AvgIpc) is 3.06. The Hall–Kier alpha value is -1.19. The van der Waals surface area contributed by atoms with Crippen molar-refractivity contribution in [3.05, 3.63) is 63.2 Å². The van der Waals surface area contributed by atoms with Crippen molar-refractivity contribution in [3.8, 4) is 0 Å². The van der Waals surface area contributed by atoms with Gasteiger partial charge in [-0.1, -0.05) is 28.1 Å². The molecule has 4 rings (SSSR count). The van der Waals surface area contributed by atoms with Crippen LogP contribution in [0.3, 0.4) is 0 Å². The molecule has 8 heteroatoms. The minimum Gasteiger partial charge on any atom is -0.304 e. The Kier molecular flexibility index (Phi) is 6.18. The van der Waals surface area contributed by atoms with Crippen molar-refractivity contribution in [2.45, 2.75) is 11.3 Å². The van der Waals surface area contributed by atoms with E-state index < -0.39 is 10.0 Å². The first kappa shape index (κ1) is 21.1. The highest BCUT2D eigenvalue weighted by atomic mass is 79.9. The van der Waals surface area contributed by atoms with Gasteiger partial charge < -0.3 is 9.80 Å². The van der Waals surface area contributed by atoms with E-state index in [1.807, 2.05) is 24.3 Å². The molecule has 1 aliphatic heterocycles. The van der Waals surface area contributed by atoms with Crippen LogP contribution in [0.5, 0.6) is 0 Å². The molecule has 154 valence electrons. The number of hydrogen-bond donors (Lipinski definition) is 0. The lowest BCUT2D eigenvalue weighted by Crippen LogP contribution is -2.45. The third-order valence-corrected chi connectivity index (χ3v) is 8.66. The van der Waals surface area contributed by atoms with Crippen molar-refractivity contribution in [1.29, 1.82) is 0 Å². The average molecular weight is 541 g/mol. The van der Waals surface area contributed by atoms with E-state index in [1.54, 1.807) is 24.4 Å². The maximum atomic E-state index is 13.4. The van der Waals surface area contributed by atoms with Crippen molar-refractivity contribution < 1.29 is 8.42 Å². The van der Waals surface area contributed by atoms with E-state index in [0.29, 0.717) is 9.99 Å². The van der Waals surface area contributed by atoms with Gasteiger partial charge in [0.05, 0.1) is 5.52 Å². The lowest BCUT2D eigenvalue weighted by Gasteiger charge is -2.32. The highest BCUT2D eigenvalue weighted by Gasteiger charge is 2.24. The Balaban J connectivity index is 1.71. The number of benzene rings is 2. The Morgan fingerprint density at radius 3 is 2.45 bits per heavy atom. The van der Waals surface area contributed by atoms with Gasteiger partial charge in [0, 0.05) is 53.3 Å². The maximum absolute atomic E-state index is 13.4. The largest absolute Gasteiger partial charge is 0.304 e. The third kappa shape index (κ3) is 4.32. The van der Waals surface area contributed by atoms with Crippen LogP contribution in [0.2, 0.25) is 0 Å². The molecule has 0 spiro atoms. The lowest BCUT2D eigenvalue weighted by atomic mass is 10.1. The van der Waals surface area contributed by atoms with Crippen LogP contribution in [-0.2, 0) is 16.4 Å². The molecule has 5 nitrogen and oxygen atoms in total. The molecule has 0 bridgehead atoms.